The molecule has 23 heavy (non-hydrogen) atoms. The van der Waals surface area contributed by atoms with Crippen molar-refractivity contribution in [2.24, 2.45) is 0 Å². The summed E-state index contributed by atoms with van der Waals surface area (Å²) in [5.74, 6) is 1.03. The number of carbonyl (C=O) groups is 1. The summed E-state index contributed by atoms with van der Waals surface area (Å²) in [6.45, 7) is 3.94. The molecule has 0 unspecified atom stereocenters. The van der Waals surface area contributed by atoms with Gasteiger partial charge in [-0.05, 0) is 43.7 Å². The molecule has 0 spiro atoms. The highest BCUT2D eigenvalue weighted by atomic mass is 16.5. The van der Waals surface area contributed by atoms with Gasteiger partial charge in [0.05, 0.1) is 0 Å². The molecule has 0 atom stereocenters. The van der Waals surface area contributed by atoms with Crippen molar-refractivity contribution >= 4 is 5.78 Å². The number of nitrogens with zero attached hydrogens (tertiary/aromatic N) is 2. The number of hydrogen-bond donors (Lipinski definition) is 0. The molecule has 2 aromatic carbocycles. The predicted octanol–water partition coefficient (Wildman–Crippen LogP) is 3.62. The maximum atomic E-state index is 12.2. The summed E-state index contributed by atoms with van der Waals surface area (Å²) in [6.07, 6.45) is 1.28. The highest BCUT2D eigenvalue weighted by Gasteiger charge is 2.10. The summed E-state index contributed by atoms with van der Waals surface area (Å²) in [5, 5.41) is 7.47. The van der Waals surface area contributed by atoms with E-state index in [1.165, 1.54) is 6.39 Å². The number of aromatic nitrogens is 2. The van der Waals surface area contributed by atoms with Crippen LogP contribution in [0.4, 0.5) is 0 Å². The van der Waals surface area contributed by atoms with Gasteiger partial charge in [0.1, 0.15) is 5.75 Å². The Morgan fingerprint density at radius 2 is 1.91 bits per heavy atom. The molecule has 116 valence electrons. The lowest BCUT2D eigenvalue weighted by atomic mass is 10.0. The Labute approximate surface area is 133 Å². The average molecular weight is 308 g/mol. The minimum absolute atomic E-state index is 0.00377. The van der Waals surface area contributed by atoms with Crippen molar-refractivity contribution in [1.82, 2.24) is 10.2 Å². The summed E-state index contributed by atoms with van der Waals surface area (Å²) in [5.41, 5.74) is 3.59. The largest absolute Gasteiger partial charge is 0.485 e. The SMILES string of the molecule is Cc1ccc(C(=O)COc2ccc(-c3nnco3)cc2)c(C)c1. The van der Waals surface area contributed by atoms with E-state index >= 15 is 0 Å². The first-order chi connectivity index (χ1) is 11.1. The zero-order valence-electron chi connectivity index (χ0n) is 12.9. The lowest BCUT2D eigenvalue weighted by Gasteiger charge is -2.08. The van der Waals surface area contributed by atoms with Crippen molar-refractivity contribution < 1.29 is 13.9 Å². The fourth-order valence-corrected chi connectivity index (χ4v) is 2.35. The summed E-state index contributed by atoms with van der Waals surface area (Å²) in [7, 11) is 0. The standard InChI is InChI=1S/C18H16N2O3/c1-12-3-8-16(13(2)9-12)17(21)10-22-15-6-4-14(5-7-15)18-20-19-11-23-18/h3-9,11H,10H2,1-2H3. The number of rotatable bonds is 5. The fourth-order valence-electron chi connectivity index (χ4n) is 2.35. The Kier molecular flexibility index (Phi) is 4.19. The summed E-state index contributed by atoms with van der Waals surface area (Å²) in [6, 6.07) is 12.9. The molecule has 0 fully saturated rings. The number of hydrogen-bond acceptors (Lipinski definition) is 5. The summed E-state index contributed by atoms with van der Waals surface area (Å²) in [4.78, 5) is 12.2. The van der Waals surface area contributed by atoms with Gasteiger partial charge in [-0.3, -0.25) is 4.79 Å². The zero-order valence-corrected chi connectivity index (χ0v) is 12.9. The van der Waals surface area contributed by atoms with Crippen LogP contribution in [-0.2, 0) is 0 Å². The van der Waals surface area contributed by atoms with E-state index < -0.39 is 0 Å². The molecule has 5 nitrogen and oxygen atoms in total. The number of benzene rings is 2. The first-order valence-electron chi connectivity index (χ1n) is 7.23. The van der Waals surface area contributed by atoms with Crippen LogP contribution in [0, 0.1) is 13.8 Å². The van der Waals surface area contributed by atoms with E-state index in [2.05, 4.69) is 10.2 Å². The molecule has 3 rings (SSSR count). The van der Waals surface area contributed by atoms with Crippen molar-refractivity contribution in [3.8, 4) is 17.2 Å². The van der Waals surface area contributed by atoms with Gasteiger partial charge in [0.25, 0.3) is 0 Å². The van der Waals surface area contributed by atoms with Crippen LogP contribution < -0.4 is 4.74 Å². The summed E-state index contributed by atoms with van der Waals surface area (Å²) >= 11 is 0. The Morgan fingerprint density at radius 1 is 1.13 bits per heavy atom. The molecule has 0 aliphatic carbocycles. The first-order valence-corrected chi connectivity index (χ1v) is 7.23. The second-order valence-electron chi connectivity index (χ2n) is 5.30. The number of Topliss-reactive ketones (excluding diaryl/α,β-unsaturated/α-hetero) is 1. The number of carbonyl (C=O) groups excluding carboxylic acids is 1. The topological polar surface area (TPSA) is 65.2 Å². The van der Waals surface area contributed by atoms with Crippen LogP contribution in [0.15, 0.2) is 53.3 Å². The Hall–Kier alpha value is -2.95. The average Bonchev–Trinajstić information content (AvgIpc) is 3.07. The van der Waals surface area contributed by atoms with Gasteiger partial charge in [0.2, 0.25) is 12.3 Å². The molecule has 1 aromatic heterocycles. The lowest BCUT2D eigenvalue weighted by molar-refractivity contribution is 0.0921. The molecule has 0 saturated carbocycles. The molecule has 0 N–H and O–H groups in total. The maximum Gasteiger partial charge on any atom is 0.247 e. The van der Waals surface area contributed by atoms with Gasteiger partial charge < -0.3 is 9.15 Å². The van der Waals surface area contributed by atoms with Crippen molar-refractivity contribution in [3.63, 3.8) is 0 Å². The van der Waals surface area contributed by atoms with E-state index in [9.17, 15) is 4.79 Å². The molecule has 5 heteroatoms. The normalized spacial score (nSPS) is 10.5. The van der Waals surface area contributed by atoms with E-state index in [4.69, 9.17) is 9.15 Å². The van der Waals surface area contributed by atoms with Crippen LogP contribution in [-0.4, -0.2) is 22.6 Å². The molecule has 1 heterocycles. The summed E-state index contributed by atoms with van der Waals surface area (Å²) < 4.78 is 10.7. The van der Waals surface area contributed by atoms with Crippen molar-refractivity contribution in [3.05, 3.63) is 65.5 Å². The minimum Gasteiger partial charge on any atom is -0.485 e. The molecule has 0 radical (unpaired) electrons. The van der Waals surface area contributed by atoms with Gasteiger partial charge in [-0.2, -0.15) is 0 Å². The van der Waals surface area contributed by atoms with Crippen LogP contribution in [0.1, 0.15) is 21.5 Å². The van der Waals surface area contributed by atoms with E-state index in [-0.39, 0.29) is 12.4 Å². The quantitative estimate of drug-likeness (QED) is 0.674. The van der Waals surface area contributed by atoms with Crippen LogP contribution in [0.5, 0.6) is 5.75 Å². The van der Waals surface area contributed by atoms with Crippen LogP contribution in [0.3, 0.4) is 0 Å². The first kappa shape index (κ1) is 15.0. The molecule has 0 aliphatic heterocycles. The van der Waals surface area contributed by atoms with Gasteiger partial charge in [0, 0.05) is 11.1 Å². The lowest BCUT2D eigenvalue weighted by Crippen LogP contribution is -2.13. The van der Waals surface area contributed by atoms with E-state index in [1.54, 1.807) is 12.1 Å². The Balaban J connectivity index is 1.65. The van der Waals surface area contributed by atoms with E-state index in [0.29, 0.717) is 17.2 Å². The number of aryl methyl sites for hydroxylation is 2. The monoisotopic (exact) mass is 308 g/mol. The molecule has 0 saturated heterocycles. The third kappa shape index (κ3) is 3.45. The third-order valence-electron chi connectivity index (χ3n) is 3.51. The van der Waals surface area contributed by atoms with Crippen LogP contribution in [0.2, 0.25) is 0 Å². The second kappa shape index (κ2) is 6.44. The fraction of sp³-hybridized carbons (Fsp3) is 0.167. The minimum atomic E-state index is -0.0384. The molecule has 0 amide bonds. The van der Waals surface area contributed by atoms with Gasteiger partial charge in [-0.15, -0.1) is 10.2 Å². The number of ether oxygens (including phenoxy) is 1. The maximum absolute atomic E-state index is 12.2. The van der Waals surface area contributed by atoms with Gasteiger partial charge in [0.15, 0.2) is 12.4 Å². The second-order valence-corrected chi connectivity index (χ2v) is 5.30. The molecule has 0 bridgehead atoms. The van der Waals surface area contributed by atoms with Crippen LogP contribution >= 0.6 is 0 Å². The molecule has 0 aliphatic rings. The highest BCUT2D eigenvalue weighted by Crippen LogP contribution is 2.20. The highest BCUT2D eigenvalue weighted by molar-refractivity contribution is 5.98. The van der Waals surface area contributed by atoms with Crippen LogP contribution in [0.25, 0.3) is 11.5 Å². The van der Waals surface area contributed by atoms with Crippen molar-refractivity contribution in [2.45, 2.75) is 13.8 Å². The van der Waals surface area contributed by atoms with Crippen molar-refractivity contribution in [2.75, 3.05) is 6.61 Å². The predicted molar refractivity (Wildman–Crippen MR) is 85.5 cm³/mol. The van der Waals surface area contributed by atoms with Gasteiger partial charge >= 0.3 is 0 Å². The Bertz CT molecular complexity index is 809. The van der Waals surface area contributed by atoms with E-state index in [1.807, 2.05) is 44.2 Å². The zero-order chi connectivity index (χ0) is 16.2. The molecular weight excluding hydrogens is 292 g/mol. The third-order valence-corrected chi connectivity index (χ3v) is 3.51. The Morgan fingerprint density at radius 3 is 2.57 bits per heavy atom. The number of ketones is 1. The van der Waals surface area contributed by atoms with E-state index in [0.717, 1.165) is 16.7 Å². The van der Waals surface area contributed by atoms with Gasteiger partial charge in [-0.25, -0.2) is 0 Å². The molecular formula is C18H16N2O3. The smallest absolute Gasteiger partial charge is 0.247 e. The van der Waals surface area contributed by atoms with Gasteiger partial charge in [-0.1, -0.05) is 23.8 Å². The molecule has 3 aromatic rings. The van der Waals surface area contributed by atoms with Crippen molar-refractivity contribution in [1.29, 1.82) is 0 Å².